The number of aromatic nitrogens is 1. The van der Waals surface area contributed by atoms with Crippen LogP contribution in [0.25, 0.3) is 0 Å². The third kappa shape index (κ3) is 2.30. The molecule has 0 radical (unpaired) electrons. The summed E-state index contributed by atoms with van der Waals surface area (Å²) in [4.78, 5) is 3.22. The van der Waals surface area contributed by atoms with Gasteiger partial charge in [0.1, 0.15) is 5.15 Å². The zero-order chi connectivity index (χ0) is 9.35. The van der Waals surface area contributed by atoms with E-state index in [9.17, 15) is 12.3 Å². The van der Waals surface area contributed by atoms with E-state index < -0.39 is 15.2 Å². The van der Waals surface area contributed by atoms with Gasteiger partial charge in [0.15, 0.2) is 5.03 Å². The molecular formula is C5H2Cl2FNO2S. The molecule has 0 saturated heterocycles. The van der Waals surface area contributed by atoms with Gasteiger partial charge in [0, 0.05) is 5.02 Å². The first-order chi connectivity index (χ1) is 5.39. The Bertz CT molecular complexity index is 386. The predicted octanol–water partition coefficient (Wildman–Crippen LogP) is 2.05. The summed E-state index contributed by atoms with van der Waals surface area (Å²) >= 11 is 10.7. The molecule has 3 nitrogen and oxygen atoms in total. The van der Waals surface area contributed by atoms with Gasteiger partial charge in [-0.1, -0.05) is 27.1 Å². The largest absolute Gasteiger partial charge is 0.349 e. The first-order valence-corrected chi connectivity index (χ1v) is 4.81. The van der Waals surface area contributed by atoms with Crippen molar-refractivity contribution in [3.05, 3.63) is 22.3 Å². The number of nitrogens with zero attached hydrogens (tertiary/aromatic N) is 1. The second-order valence-electron chi connectivity index (χ2n) is 1.88. The molecule has 1 aromatic heterocycles. The third-order valence-electron chi connectivity index (χ3n) is 0.985. The highest BCUT2D eigenvalue weighted by molar-refractivity contribution is 7.86. The molecule has 1 rings (SSSR count). The highest BCUT2D eigenvalue weighted by Gasteiger charge is 2.14. The molecule has 1 heterocycles. The SMILES string of the molecule is O=S(=O)(F)c1cc(Cl)cc(Cl)n1. The summed E-state index contributed by atoms with van der Waals surface area (Å²) in [6.07, 6.45) is 0. The molecule has 0 atom stereocenters. The highest BCUT2D eigenvalue weighted by atomic mass is 35.5. The van der Waals surface area contributed by atoms with Crippen LogP contribution < -0.4 is 0 Å². The van der Waals surface area contributed by atoms with Crippen LogP contribution >= 0.6 is 23.2 Å². The van der Waals surface area contributed by atoms with E-state index in [4.69, 9.17) is 23.2 Å². The number of hydrogen-bond acceptors (Lipinski definition) is 3. The Hall–Kier alpha value is -0.390. The van der Waals surface area contributed by atoms with Gasteiger partial charge in [-0.25, -0.2) is 4.98 Å². The van der Waals surface area contributed by atoms with Crippen molar-refractivity contribution >= 4 is 33.4 Å². The summed E-state index contributed by atoms with van der Waals surface area (Å²) in [5.41, 5.74) is 0. The summed E-state index contributed by atoms with van der Waals surface area (Å²) < 4.78 is 32.9. The van der Waals surface area contributed by atoms with Gasteiger partial charge < -0.3 is 0 Å². The van der Waals surface area contributed by atoms with Crippen molar-refractivity contribution in [1.82, 2.24) is 4.98 Å². The van der Waals surface area contributed by atoms with Crippen molar-refractivity contribution in [1.29, 1.82) is 0 Å². The summed E-state index contributed by atoms with van der Waals surface area (Å²) in [7, 11) is -4.83. The molecular weight excluding hydrogens is 228 g/mol. The Morgan fingerprint density at radius 1 is 1.33 bits per heavy atom. The van der Waals surface area contributed by atoms with Gasteiger partial charge in [0.05, 0.1) is 0 Å². The molecule has 0 bridgehead atoms. The zero-order valence-corrected chi connectivity index (χ0v) is 7.79. The molecule has 0 saturated carbocycles. The van der Waals surface area contributed by atoms with Crippen LogP contribution in [0.1, 0.15) is 0 Å². The fourth-order valence-electron chi connectivity index (χ4n) is 0.568. The molecule has 0 unspecified atom stereocenters. The molecule has 12 heavy (non-hydrogen) atoms. The summed E-state index contributed by atoms with van der Waals surface area (Å²) in [5.74, 6) is 0. The van der Waals surface area contributed by atoms with Gasteiger partial charge in [0.2, 0.25) is 0 Å². The van der Waals surface area contributed by atoms with E-state index in [1.54, 1.807) is 0 Å². The normalized spacial score (nSPS) is 11.6. The van der Waals surface area contributed by atoms with Crippen LogP contribution in [-0.2, 0) is 10.2 Å². The van der Waals surface area contributed by atoms with Crippen LogP contribution in [0.15, 0.2) is 17.2 Å². The van der Waals surface area contributed by atoms with Gasteiger partial charge in [-0.15, -0.1) is 0 Å². The lowest BCUT2D eigenvalue weighted by molar-refractivity contribution is 0.548. The quantitative estimate of drug-likeness (QED) is 0.547. The average Bonchev–Trinajstić information content (AvgIpc) is 1.82. The fourth-order valence-corrected chi connectivity index (χ4v) is 1.63. The van der Waals surface area contributed by atoms with Gasteiger partial charge in [-0.3, -0.25) is 0 Å². The van der Waals surface area contributed by atoms with Crippen LogP contribution in [0.2, 0.25) is 10.2 Å². The molecule has 0 aliphatic rings. The molecule has 0 aliphatic carbocycles. The minimum absolute atomic E-state index is 0.0197. The van der Waals surface area contributed by atoms with Crippen LogP contribution in [-0.4, -0.2) is 13.4 Å². The second kappa shape index (κ2) is 3.16. The lowest BCUT2D eigenvalue weighted by Gasteiger charge is -1.95. The Balaban J connectivity index is 3.37. The lowest BCUT2D eigenvalue weighted by atomic mass is 10.5. The van der Waals surface area contributed by atoms with E-state index in [-0.39, 0.29) is 10.2 Å². The predicted molar refractivity (Wildman–Crippen MR) is 42.6 cm³/mol. The number of halogens is 3. The minimum Gasteiger partial charge on any atom is -0.222 e. The maximum absolute atomic E-state index is 12.3. The Morgan fingerprint density at radius 3 is 2.33 bits per heavy atom. The molecule has 0 amide bonds. The third-order valence-corrected chi connectivity index (χ3v) is 2.11. The van der Waals surface area contributed by atoms with Crippen molar-refractivity contribution in [3.8, 4) is 0 Å². The van der Waals surface area contributed by atoms with Crippen LogP contribution in [0.5, 0.6) is 0 Å². The van der Waals surface area contributed by atoms with Crippen molar-refractivity contribution in [2.45, 2.75) is 5.03 Å². The molecule has 1 aromatic rings. The molecule has 0 spiro atoms. The van der Waals surface area contributed by atoms with Crippen LogP contribution in [0, 0.1) is 0 Å². The lowest BCUT2D eigenvalue weighted by Crippen LogP contribution is -1.95. The summed E-state index contributed by atoms with van der Waals surface area (Å²) in [6, 6.07) is 2.08. The van der Waals surface area contributed by atoms with Gasteiger partial charge in [0.25, 0.3) is 0 Å². The van der Waals surface area contributed by atoms with E-state index in [0.717, 1.165) is 6.07 Å². The van der Waals surface area contributed by atoms with E-state index in [1.165, 1.54) is 6.07 Å². The van der Waals surface area contributed by atoms with Crippen LogP contribution in [0.4, 0.5) is 3.89 Å². The maximum Gasteiger partial charge on any atom is 0.349 e. The monoisotopic (exact) mass is 229 g/mol. The van der Waals surface area contributed by atoms with Gasteiger partial charge in [-0.05, 0) is 12.1 Å². The first-order valence-electron chi connectivity index (χ1n) is 2.67. The Labute approximate surface area is 78.3 Å². The van der Waals surface area contributed by atoms with Crippen molar-refractivity contribution in [2.75, 3.05) is 0 Å². The number of rotatable bonds is 1. The maximum atomic E-state index is 12.3. The topological polar surface area (TPSA) is 47.0 Å². The Morgan fingerprint density at radius 2 is 1.92 bits per heavy atom. The Kier molecular flexibility index (Phi) is 2.55. The average molecular weight is 230 g/mol. The van der Waals surface area contributed by atoms with Crippen molar-refractivity contribution in [3.63, 3.8) is 0 Å². The highest BCUT2D eigenvalue weighted by Crippen LogP contribution is 2.19. The summed E-state index contributed by atoms with van der Waals surface area (Å²) in [6.45, 7) is 0. The van der Waals surface area contributed by atoms with E-state index >= 15 is 0 Å². The van der Waals surface area contributed by atoms with Crippen molar-refractivity contribution < 1.29 is 12.3 Å². The van der Waals surface area contributed by atoms with E-state index in [0.29, 0.717) is 0 Å². The zero-order valence-electron chi connectivity index (χ0n) is 5.46. The number of hydrogen-bond donors (Lipinski definition) is 0. The van der Waals surface area contributed by atoms with Gasteiger partial charge in [-0.2, -0.15) is 8.42 Å². The van der Waals surface area contributed by atoms with E-state index in [1.807, 2.05) is 0 Å². The van der Waals surface area contributed by atoms with Crippen LogP contribution in [0.3, 0.4) is 0 Å². The molecule has 7 heteroatoms. The smallest absolute Gasteiger partial charge is 0.222 e. The standard InChI is InChI=1S/C5H2Cl2FNO2S/c6-3-1-4(7)9-5(2-3)12(8,10)11/h1-2H. The minimum atomic E-state index is -4.83. The fraction of sp³-hybridized carbons (Fsp3) is 0. The first kappa shape index (κ1) is 9.70. The molecule has 0 N–H and O–H groups in total. The van der Waals surface area contributed by atoms with E-state index in [2.05, 4.69) is 4.98 Å². The summed E-state index contributed by atoms with van der Waals surface area (Å²) in [5, 5.41) is -0.926. The van der Waals surface area contributed by atoms with Gasteiger partial charge >= 0.3 is 10.2 Å². The second-order valence-corrected chi connectivity index (χ2v) is 4.00. The number of pyridine rings is 1. The molecule has 66 valence electrons. The molecule has 0 fully saturated rings. The molecule has 0 aromatic carbocycles. The molecule has 0 aliphatic heterocycles. The van der Waals surface area contributed by atoms with Crippen molar-refractivity contribution in [2.24, 2.45) is 0 Å².